The number of aryl methyl sites for hydroxylation is 1. The van der Waals surface area contributed by atoms with Gasteiger partial charge in [0.2, 0.25) is 0 Å². The third-order valence-electron chi connectivity index (χ3n) is 3.69. The van der Waals surface area contributed by atoms with Gasteiger partial charge in [0.25, 0.3) is 5.91 Å². The highest BCUT2D eigenvalue weighted by atomic mass is 19.3. The number of aromatic amines is 1. The van der Waals surface area contributed by atoms with Crippen LogP contribution in [-0.2, 0) is 9.53 Å². The maximum Gasteiger partial charge on any atom is 0.387 e. The number of amides is 1. The fraction of sp³-hybridized carbons (Fsp3) is 0.278. The zero-order chi connectivity index (χ0) is 20.1. The number of carbonyl (C=O) groups excluding carboxylic acids is 3. The molecule has 1 heterocycles. The molecule has 0 aliphatic heterocycles. The van der Waals surface area contributed by atoms with Gasteiger partial charge >= 0.3 is 12.6 Å². The van der Waals surface area contributed by atoms with Crippen molar-refractivity contribution >= 4 is 23.3 Å². The molecule has 7 nitrogen and oxygen atoms in total. The van der Waals surface area contributed by atoms with Crippen molar-refractivity contribution in [3.05, 3.63) is 46.8 Å². The van der Waals surface area contributed by atoms with Gasteiger partial charge in [0.1, 0.15) is 11.4 Å². The molecule has 27 heavy (non-hydrogen) atoms. The Bertz CT molecular complexity index is 859. The summed E-state index contributed by atoms with van der Waals surface area (Å²) in [6.07, 6.45) is 0. The van der Waals surface area contributed by atoms with Crippen LogP contribution in [0.1, 0.15) is 39.0 Å². The second-order valence-electron chi connectivity index (χ2n) is 5.71. The normalized spacial score (nSPS) is 10.6. The van der Waals surface area contributed by atoms with Crippen molar-refractivity contribution < 1.29 is 32.6 Å². The molecule has 1 amide bonds. The monoisotopic (exact) mass is 380 g/mol. The summed E-state index contributed by atoms with van der Waals surface area (Å²) in [5, 5.41) is 2.46. The largest absolute Gasteiger partial charge is 0.451 e. The van der Waals surface area contributed by atoms with Crippen molar-refractivity contribution in [2.45, 2.75) is 27.4 Å². The highest BCUT2D eigenvalue weighted by Crippen LogP contribution is 2.20. The number of benzene rings is 1. The number of aromatic nitrogens is 1. The Morgan fingerprint density at radius 2 is 1.78 bits per heavy atom. The van der Waals surface area contributed by atoms with Gasteiger partial charge in [-0.1, -0.05) is 0 Å². The van der Waals surface area contributed by atoms with Crippen LogP contribution in [0.4, 0.5) is 14.5 Å². The summed E-state index contributed by atoms with van der Waals surface area (Å²) in [6, 6.07) is 5.27. The number of H-pyrrole nitrogens is 1. The van der Waals surface area contributed by atoms with Crippen LogP contribution in [0.2, 0.25) is 0 Å². The average molecular weight is 380 g/mol. The number of Topliss-reactive ketones (excluding diaryl/α,β-unsaturated/α-hetero) is 1. The highest BCUT2D eigenvalue weighted by Gasteiger charge is 2.21. The summed E-state index contributed by atoms with van der Waals surface area (Å²) in [7, 11) is 0. The van der Waals surface area contributed by atoms with Gasteiger partial charge in [0.05, 0.1) is 0 Å². The fourth-order valence-corrected chi connectivity index (χ4v) is 2.60. The quantitative estimate of drug-likeness (QED) is 0.568. The molecule has 144 valence electrons. The van der Waals surface area contributed by atoms with Crippen LogP contribution in [0.15, 0.2) is 24.3 Å². The van der Waals surface area contributed by atoms with Crippen LogP contribution in [0.3, 0.4) is 0 Å². The number of hydrogen-bond donors (Lipinski definition) is 2. The van der Waals surface area contributed by atoms with E-state index in [0.29, 0.717) is 22.5 Å². The van der Waals surface area contributed by atoms with E-state index in [1.165, 1.54) is 31.2 Å². The summed E-state index contributed by atoms with van der Waals surface area (Å²) in [5.74, 6) is -1.61. The SMILES string of the molecule is CC(=O)c1c(C)[nH]c(C(=O)OCC(=O)Nc2ccc(OC(F)F)cc2)c1C. The Kier molecular flexibility index (Phi) is 6.27. The van der Waals surface area contributed by atoms with Gasteiger partial charge in [-0.15, -0.1) is 0 Å². The fourth-order valence-electron chi connectivity index (χ4n) is 2.60. The van der Waals surface area contributed by atoms with Gasteiger partial charge in [0, 0.05) is 16.9 Å². The molecule has 0 saturated carbocycles. The number of ether oxygens (including phenoxy) is 2. The number of carbonyl (C=O) groups is 3. The summed E-state index contributed by atoms with van der Waals surface area (Å²) in [6.45, 7) is 1.17. The second-order valence-corrected chi connectivity index (χ2v) is 5.71. The molecular formula is C18H18F2N2O5. The minimum Gasteiger partial charge on any atom is -0.451 e. The van der Waals surface area contributed by atoms with Gasteiger partial charge in [-0.25, -0.2) is 4.79 Å². The van der Waals surface area contributed by atoms with E-state index in [0.717, 1.165) is 0 Å². The molecule has 0 spiro atoms. The molecule has 0 bridgehead atoms. The first-order chi connectivity index (χ1) is 12.7. The number of nitrogens with one attached hydrogen (secondary N) is 2. The third-order valence-corrected chi connectivity index (χ3v) is 3.69. The lowest BCUT2D eigenvalue weighted by Crippen LogP contribution is -2.21. The zero-order valence-corrected chi connectivity index (χ0v) is 14.9. The molecule has 1 aromatic heterocycles. The molecule has 0 aliphatic carbocycles. The van der Waals surface area contributed by atoms with Crippen LogP contribution in [0.25, 0.3) is 0 Å². The Morgan fingerprint density at radius 1 is 1.15 bits per heavy atom. The molecular weight excluding hydrogens is 362 g/mol. The van der Waals surface area contributed by atoms with E-state index in [4.69, 9.17) is 4.74 Å². The molecule has 2 aromatic rings. The van der Waals surface area contributed by atoms with Crippen molar-refractivity contribution in [3.63, 3.8) is 0 Å². The van der Waals surface area contributed by atoms with Crippen LogP contribution >= 0.6 is 0 Å². The molecule has 2 N–H and O–H groups in total. The lowest BCUT2D eigenvalue weighted by molar-refractivity contribution is -0.119. The van der Waals surface area contributed by atoms with Crippen LogP contribution in [0, 0.1) is 13.8 Å². The summed E-state index contributed by atoms with van der Waals surface area (Å²) in [4.78, 5) is 38.4. The highest BCUT2D eigenvalue weighted by molar-refractivity contribution is 6.01. The zero-order valence-electron chi connectivity index (χ0n) is 14.9. The second kappa shape index (κ2) is 8.43. The van der Waals surface area contributed by atoms with E-state index in [1.54, 1.807) is 13.8 Å². The smallest absolute Gasteiger partial charge is 0.387 e. The van der Waals surface area contributed by atoms with Gasteiger partial charge in [-0.2, -0.15) is 8.78 Å². The molecule has 0 fully saturated rings. The standard InChI is InChI=1S/C18H18F2N2O5/c1-9-15(11(3)23)10(2)21-16(9)17(25)26-8-14(24)22-12-4-6-13(7-5-12)27-18(19)20/h4-7,18,21H,8H2,1-3H3,(H,22,24). The van der Waals surface area contributed by atoms with Crippen LogP contribution < -0.4 is 10.1 Å². The minimum atomic E-state index is -2.94. The number of alkyl halides is 2. The lowest BCUT2D eigenvalue weighted by atomic mass is 10.1. The van der Waals surface area contributed by atoms with Crippen molar-refractivity contribution in [2.24, 2.45) is 0 Å². The van der Waals surface area contributed by atoms with E-state index < -0.39 is 25.1 Å². The lowest BCUT2D eigenvalue weighted by Gasteiger charge is -2.08. The topological polar surface area (TPSA) is 97.5 Å². The molecule has 9 heteroatoms. The number of rotatable bonds is 7. The molecule has 0 radical (unpaired) electrons. The molecule has 1 aromatic carbocycles. The predicted molar refractivity (Wildman–Crippen MR) is 92.3 cm³/mol. The Labute approximate surface area is 153 Å². The van der Waals surface area contributed by atoms with Gasteiger partial charge < -0.3 is 19.8 Å². The third kappa shape index (κ3) is 5.13. The van der Waals surface area contributed by atoms with E-state index in [-0.39, 0.29) is 17.2 Å². The van der Waals surface area contributed by atoms with Gasteiger partial charge in [0.15, 0.2) is 12.4 Å². The molecule has 0 unspecified atom stereocenters. The van der Waals surface area contributed by atoms with E-state index in [2.05, 4.69) is 15.0 Å². The van der Waals surface area contributed by atoms with Crippen molar-refractivity contribution in [2.75, 3.05) is 11.9 Å². The maximum atomic E-state index is 12.1. The first-order valence-corrected chi connectivity index (χ1v) is 7.91. The van der Waals surface area contributed by atoms with Gasteiger partial charge in [-0.05, 0) is 50.6 Å². The number of esters is 1. The first-order valence-electron chi connectivity index (χ1n) is 7.91. The van der Waals surface area contributed by atoms with Crippen molar-refractivity contribution in [3.8, 4) is 5.75 Å². The molecule has 2 rings (SSSR count). The average Bonchev–Trinajstić information content (AvgIpc) is 2.88. The van der Waals surface area contributed by atoms with Crippen molar-refractivity contribution in [1.29, 1.82) is 0 Å². The van der Waals surface area contributed by atoms with Crippen LogP contribution in [0.5, 0.6) is 5.75 Å². The number of ketones is 1. The minimum absolute atomic E-state index is 0.0479. The number of hydrogen-bond acceptors (Lipinski definition) is 5. The molecule has 0 saturated heterocycles. The van der Waals surface area contributed by atoms with Gasteiger partial charge in [-0.3, -0.25) is 9.59 Å². The summed E-state index contributed by atoms with van der Waals surface area (Å²) in [5.41, 5.74) is 1.85. The number of halogens is 2. The van der Waals surface area contributed by atoms with E-state index in [1.807, 2.05) is 0 Å². The Balaban J connectivity index is 1.93. The number of anilines is 1. The van der Waals surface area contributed by atoms with E-state index in [9.17, 15) is 23.2 Å². The van der Waals surface area contributed by atoms with E-state index >= 15 is 0 Å². The molecule has 0 atom stereocenters. The predicted octanol–water partition coefficient (Wildman–Crippen LogP) is 3.23. The maximum absolute atomic E-state index is 12.1. The first kappa shape index (κ1) is 20.1. The summed E-state index contributed by atoms with van der Waals surface area (Å²) >= 11 is 0. The summed E-state index contributed by atoms with van der Waals surface area (Å²) < 4.78 is 33.3. The Morgan fingerprint density at radius 3 is 2.30 bits per heavy atom. The Hall–Kier alpha value is -3.23. The molecule has 0 aliphatic rings. The van der Waals surface area contributed by atoms with Crippen molar-refractivity contribution in [1.82, 2.24) is 4.98 Å². The van der Waals surface area contributed by atoms with Crippen LogP contribution in [-0.4, -0.2) is 35.9 Å².